The summed E-state index contributed by atoms with van der Waals surface area (Å²) in [4.78, 5) is 23.0. The molecule has 0 fully saturated rings. The van der Waals surface area contributed by atoms with Crippen molar-refractivity contribution in [2.45, 2.75) is 6.42 Å². The second-order valence-corrected chi connectivity index (χ2v) is 6.04. The van der Waals surface area contributed by atoms with Crippen LogP contribution in [0.3, 0.4) is 0 Å². The summed E-state index contributed by atoms with van der Waals surface area (Å²) in [5.41, 5.74) is 2.54. The number of aromatic nitrogens is 3. The SMILES string of the molecule is COc1cccc(Cc2ccc(Oc3nc4cnccc4c(=O)[nH]3)cc2)c1. The molecule has 6 nitrogen and oxygen atoms in total. The van der Waals surface area contributed by atoms with E-state index in [1.165, 1.54) is 6.20 Å². The number of hydrogen-bond donors (Lipinski definition) is 1. The van der Waals surface area contributed by atoms with Crippen molar-refractivity contribution in [3.8, 4) is 17.5 Å². The summed E-state index contributed by atoms with van der Waals surface area (Å²) in [5, 5.41) is 0.478. The second-order valence-electron chi connectivity index (χ2n) is 6.04. The lowest BCUT2D eigenvalue weighted by Crippen LogP contribution is -2.09. The summed E-state index contributed by atoms with van der Waals surface area (Å²) in [6.07, 6.45) is 3.88. The highest BCUT2D eigenvalue weighted by atomic mass is 16.5. The van der Waals surface area contributed by atoms with Gasteiger partial charge in [0.15, 0.2) is 0 Å². The van der Waals surface area contributed by atoms with E-state index in [1.807, 2.05) is 42.5 Å². The van der Waals surface area contributed by atoms with Gasteiger partial charge in [0.05, 0.1) is 24.2 Å². The van der Waals surface area contributed by atoms with Crippen molar-refractivity contribution < 1.29 is 9.47 Å². The van der Waals surface area contributed by atoms with Gasteiger partial charge in [-0.1, -0.05) is 24.3 Å². The molecule has 0 aliphatic carbocycles. The molecule has 2 aromatic carbocycles. The van der Waals surface area contributed by atoms with E-state index in [4.69, 9.17) is 9.47 Å². The van der Waals surface area contributed by atoms with Crippen LogP contribution in [0.15, 0.2) is 71.8 Å². The van der Waals surface area contributed by atoms with Crippen LogP contribution >= 0.6 is 0 Å². The molecule has 0 unspecified atom stereocenters. The second kappa shape index (κ2) is 7.29. The molecule has 4 rings (SSSR count). The van der Waals surface area contributed by atoms with Gasteiger partial charge in [-0.05, 0) is 47.9 Å². The average molecular weight is 359 g/mol. The molecule has 0 atom stereocenters. The molecule has 1 N–H and O–H groups in total. The van der Waals surface area contributed by atoms with Crippen LogP contribution < -0.4 is 15.0 Å². The Morgan fingerprint density at radius 2 is 1.85 bits per heavy atom. The number of H-pyrrole nitrogens is 1. The topological polar surface area (TPSA) is 77.1 Å². The number of aromatic amines is 1. The maximum Gasteiger partial charge on any atom is 0.302 e. The van der Waals surface area contributed by atoms with Crippen molar-refractivity contribution in [3.63, 3.8) is 0 Å². The summed E-state index contributed by atoms with van der Waals surface area (Å²) < 4.78 is 11.0. The van der Waals surface area contributed by atoms with Crippen LogP contribution in [0.4, 0.5) is 0 Å². The Morgan fingerprint density at radius 3 is 2.67 bits per heavy atom. The Balaban J connectivity index is 1.51. The van der Waals surface area contributed by atoms with Crippen LogP contribution in [-0.4, -0.2) is 22.1 Å². The van der Waals surface area contributed by atoms with Gasteiger partial charge in [-0.3, -0.25) is 14.8 Å². The lowest BCUT2D eigenvalue weighted by molar-refractivity contribution is 0.414. The van der Waals surface area contributed by atoms with Gasteiger partial charge in [0.2, 0.25) is 0 Å². The Kier molecular flexibility index (Phi) is 4.53. The molecule has 0 bridgehead atoms. The van der Waals surface area contributed by atoms with E-state index < -0.39 is 0 Å². The number of methoxy groups -OCH3 is 1. The van der Waals surface area contributed by atoms with E-state index in [0.717, 1.165) is 23.3 Å². The number of hydrogen-bond acceptors (Lipinski definition) is 5. The van der Waals surface area contributed by atoms with Gasteiger partial charge in [-0.15, -0.1) is 0 Å². The Morgan fingerprint density at radius 1 is 1.00 bits per heavy atom. The van der Waals surface area contributed by atoms with Gasteiger partial charge >= 0.3 is 6.01 Å². The standard InChI is InChI=1S/C21H17N3O3/c1-26-17-4-2-3-15(12-17)11-14-5-7-16(8-6-14)27-21-23-19-13-22-10-9-18(19)20(25)24-21/h2-10,12-13H,11H2,1H3,(H,23,24,25). The minimum Gasteiger partial charge on any atom is -0.497 e. The van der Waals surface area contributed by atoms with Crippen LogP contribution in [-0.2, 0) is 6.42 Å². The third kappa shape index (κ3) is 3.79. The first-order chi connectivity index (χ1) is 13.2. The highest BCUT2D eigenvalue weighted by molar-refractivity contribution is 5.76. The molecule has 0 aliphatic rings. The van der Waals surface area contributed by atoms with E-state index in [2.05, 4.69) is 21.0 Å². The molecular formula is C21H17N3O3. The van der Waals surface area contributed by atoms with Gasteiger partial charge in [0, 0.05) is 6.20 Å². The molecule has 27 heavy (non-hydrogen) atoms. The zero-order valence-corrected chi connectivity index (χ0v) is 14.7. The molecule has 6 heteroatoms. The molecule has 0 amide bonds. The third-order valence-corrected chi connectivity index (χ3v) is 4.17. The smallest absolute Gasteiger partial charge is 0.302 e. The lowest BCUT2D eigenvalue weighted by atomic mass is 10.0. The van der Waals surface area contributed by atoms with E-state index in [0.29, 0.717) is 16.7 Å². The normalized spacial score (nSPS) is 10.7. The number of rotatable bonds is 5. The molecule has 4 aromatic rings. The summed E-state index contributed by atoms with van der Waals surface area (Å²) in [5.74, 6) is 1.43. The van der Waals surface area contributed by atoms with Crippen LogP contribution in [0.5, 0.6) is 17.5 Å². The fraction of sp³-hybridized carbons (Fsp3) is 0.0952. The number of fused-ring (bicyclic) bond motifs is 1. The fourth-order valence-corrected chi connectivity index (χ4v) is 2.82. The molecule has 0 radical (unpaired) electrons. The summed E-state index contributed by atoms with van der Waals surface area (Å²) >= 11 is 0. The van der Waals surface area contributed by atoms with Gasteiger partial charge in [0.25, 0.3) is 5.56 Å². The minimum atomic E-state index is -0.257. The Labute approximate surface area is 155 Å². The third-order valence-electron chi connectivity index (χ3n) is 4.17. The lowest BCUT2D eigenvalue weighted by Gasteiger charge is -2.07. The quantitative estimate of drug-likeness (QED) is 0.588. The van der Waals surface area contributed by atoms with Crippen molar-refractivity contribution in [2.24, 2.45) is 0 Å². The van der Waals surface area contributed by atoms with Gasteiger partial charge in [0.1, 0.15) is 11.5 Å². The maximum atomic E-state index is 12.1. The van der Waals surface area contributed by atoms with Gasteiger partial charge in [-0.25, -0.2) is 0 Å². The van der Waals surface area contributed by atoms with Crippen molar-refractivity contribution in [2.75, 3.05) is 7.11 Å². The average Bonchev–Trinajstić information content (AvgIpc) is 2.70. The van der Waals surface area contributed by atoms with Gasteiger partial charge in [-0.2, -0.15) is 4.98 Å². The highest BCUT2D eigenvalue weighted by Gasteiger charge is 2.06. The Bertz CT molecular complexity index is 1140. The summed E-state index contributed by atoms with van der Waals surface area (Å²) in [6.45, 7) is 0. The number of ether oxygens (including phenoxy) is 2. The van der Waals surface area contributed by atoms with Crippen molar-refractivity contribution in [3.05, 3.63) is 88.5 Å². The number of pyridine rings is 1. The van der Waals surface area contributed by atoms with Crippen LogP contribution in [0.2, 0.25) is 0 Å². The molecule has 0 saturated heterocycles. The van der Waals surface area contributed by atoms with Gasteiger partial charge < -0.3 is 9.47 Å². The molecule has 0 spiro atoms. The number of nitrogens with zero attached hydrogens (tertiary/aromatic N) is 2. The van der Waals surface area contributed by atoms with Crippen molar-refractivity contribution in [1.82, 2.24) is 15.0 Å². The number of benzene rings is 2. The molecule has 134 valence electrons. The van der Waals surface area contributed by atoms with E-state index in [1.54, 1.807) is 19.4 Å². The van der Waals surface area contributed by atoms with Crippen molar-refractivity contribution >= 4 is 10.9 Å². The largest absolute Gasteiger partial charge is 0.497 e. The first kappa shape index (κ1) is 16.8. The molecule has 2 heterocycles. The van der Waals surface area contributed by atoms with E-state index >= 15 is 0 Å². The van der Waals surface area contributed by atoms with Crippen LogP contribution in [0.25, 0.3) is 10.9 Å². The zero-order chi connectivity index (χ0) is 18.6. The highest BCUT2D eigenvalue weighted by Crippen LogP contribution is 2.21. The van der Waals surface area contributed by atoms with Crippen LogP contribution in [0, 0.1) is 0 Å². The zero-order valence-electron chi connectivity index (χ0n) is 14.7. The summed E-state index contributed by atoms with van der Waals surface area (Å²) in [6, 6.07) is 17.4. The molecule has 2 aromatic heterocycles. The van der Waals surface area contributed by atoms with Crippen molar-refractivity contribution in [1.29, 1.82) is 0 Å². The first-order valence-electron chi connectivity index (χ1n) is 8.45. The monoisotopic (exact) mass is 359 g/mol. The molecule has 0 saturated carbocycles. The Hall–Kier alpha value is -3.67. The maximum absolute atomic E-state index is 12.1. The number of nitrogens with one attached hydrogen (secondary N) is 1. The fourth-order valence-electron chi connectivity index (χ4n) is 2.82. The van der Waals surface area contributed by atoms with E-state index in [9.17, 15) is 4.79 Å². The van der Waals surface area contributed by atoms with E-state index in [-0.39, 0.29) is 11.6 Å². The predicted octanol–water partition coefficient (Wildman–Crippen LogP) is 3.71. The van der Waals surface area contributed by atoms with Crippen LogP contribution in [0.1, 0.15) is 11.1 Å². The first-order valence-corrected chi connectivity index (χ1v) is 8.45. The minimum absolute atomic E-state index is 0.140. The molecular weight excluding hydrogens is 342 g/mol. The summed E-state index contributed by atoms with van der Waals surface area (Å²) in [7, 11) is 1.66. The molecule has 0 aliphatic heterocycles. The predicted molar refractivity (Wildman–Crippen MR) is 102 cm³/mol.